The Hall–Kier alpha value is -0.680. The van der Waals surface area contributed by atoms with Crippen LogP contribution in [0.4, 0.5) is 0 Å². The predicted octanol–water partition coefficient (Wildman–Crippen LogP) is 2.56. The summed E-state index contributed by atoms with van der Waals surface area (Å²) in [6, 6.07) is 7.53. The molecule has 1 aromatic rings. The van der Waals surface area contributed by atoms with Crippen LogP contribution in [-0.4, -0.2) is 20.5 Å². The Balaban J connectivity index is 2.64. The lowest BCUT2D eigenvalue weighted by Gasteiger charge is -2.09. The van der Waals surface area contributed by atoms with E-state index in [1.54, 1.807) is 6.92 Å². The minimum absolute atomic E-state index is 0.0585. The fourth-order valence-corrected chi connectivity index (χ4v) is 3.03. The molecular weight excluding hydrogens is 292 g/mol. The van der Waals surface area contributed by atoms with E-state index in [2.05, 4.69) is 15.9 Å². The topological polar surface area (TPSA) is 54.4 Å². The maximum absolute atomic E-state index is 11.8. The molecule has 1 aromatic carbocycles. The molecule has 0 fully saturated rings. The molecule has 0 aromatic heterocycles. The molecule has 1 N–H and O–H groups in total. The SMILES string of the molecule is CC(CC(=O)O)S(=O)Cc1ccccc1Br. The fraction of sp³-hybridized carbons (Fsp3) is 0.364. The van der Waals surface area contributed by atoms with Gasteiger partial charge in [-0.05, 0) is 11.6 Å². The number of benzene rings is 1. The monoisotopic (exact) mass is 304 g/mol. The van der Waals surface area contributed by atoms with Crippen molar-refractivity contribution in [1.29, 1.82) is 0 Å². The van der Waals surface area contributed by atoms with Crippen molar-refractivity contribution >= 4 is 32.7 Å². The van der Waals surface area contributed by atoms with Gasteiger partial charge in [-0.3, -0.25) is 9.00 Å². The van der Waals surface area contributed by atoms with Crippen LogP contribution in [0.2, 0.25) is 0 Å². The third-order valence-corrected chi connectivity index (χ3v) is 4.60. The van der Waals surface area contributed by atoms with Gasteiger partial charge in [-0.1, -0.05) is 41.1 Å². The van der Waals surface area contributed by atoms with E-state index in [9.17, 15) is 9.00 Å². The number of rotatable bonds is 5. The van der Waals surface area contributed by atoms with Crippen molar-refractivity contribution in [3.8, 4) is 0 Å². The van der Waals surface area contributed by atoms with E-state index < -0.39 is 16.8 Å². The van der Waals surface area contributed by atoms with Gasteiger partial charge in [0.2, 0.25) is 0 Å². The zero-order valence-corrected chi connectivity index (χ0v) is 11.3. The summed E-state index contributed by atoms with van der Waals surface area (Å²) in [5.41, 5.74) is 0.943. The van der Waals surface area contributed by atoms with Gasteiger partial charge in [-0.25, -0.2) is 0 Å². The number of aliphatic carboxylic acids is 1. The Morgan fingerprint density at radius 1 is 1.50 bits per heavy atom. The van der Waals surface area contributed by atoms with Crippen LogP contribution >= 0.6 is 15.9 Å². The quantitative estimate of drug-likeness (QED) is 0.909. The molecule has 88 valence electrons. The Bertz CT molecular complexity index is 406. The second kappa shape index (κ2) is 6.15. The van der Waals surface area contributed by atoms with Gasteiger partial charge in [0, 0.05) is 26.3 Å². The smallest absolute Gasteiger partial charge is 0.304 e. The Labute approximate surface area is 105 Å². The maximum Gasteiger partial charge on any atom is 0.304 e. The van der Waals surface area contributed by atoms with Crippen molar-refractivity contribution in [1.82, 2.24) is 0 Å². The molecule has 5 heteroatoms. The number of hydrogen-bond donors (Lipinski definition) is 1. The van der Waals surface area contributed by atoms with Crippen molar-refractivity contribution in [3.05, 3.63) is 34.3 Å². The predicted molar refractivity (Wildman–Crippen MR) is 67.7 cm³/mol. The zero-order chi connectivity index (χ0) is 12.1. The van der Waals surface area contributed by atoms with Crippen LogP contribution < -0.4 is 0 Å². The first kappa shape index (κ1) is 13.4. The molecule has 0 saturated heterocycles. The van der Waals surface area contributed by atoms with Gasteiger partial charge in [0.05, 0.1) is 6.42 Å². The first-order chi connectivity index (χ1) is 7.50. The molecule has 2 unspecified atom stereocenters. The van der Waals surface area contributed by atoms with Crippen molar-refractivity contribution in [3.63, 3.8) is 0 Å². The molecule has 0 aliphatic heterocycles. The molecule has 16 heavy (non-hydrogen) atoms. The average Bonchev–Trinajstić information content (AvgIpc) is 2.20. The summed E-state index contributed by atoms with van der Waals surface area (Å²) >= 11 is 3.37. The van der Waals surface area contributed by atoms with Gasteiger partial charge in [0.25, 0.3) is 0 Å². The van der Waals surface area contributed by atoms with Crippen LogP contribution in [0, 0.1) is 0 Å². The number of carbonyl (C=O) groups is 1. The van der Waals surface area contributed by atoms with Gasteiger partial charge in [0.15, 0.2) is 0 Å². The van der Waals surface area contributed by atoms with E-state index in [0.29, 0.717) is 5.75 Å². The van der Waals surface area contributed by atoms with Crippen LogP contribution in [0.1, 0.15) is 18.9 Å². The van der Waals surface area contributed by atoms with Crippen LogP contribution in [0.5, 0.6) is 0 Å². The van der Waals surface area contributed by atoms with Crippen LogP contribution in [-0.2, 0) is 21.3 Å². The summed E-state index contributed by atoms with van der Waals surface area (Å²) < 4.78 is 12.7. The maximum atomic E-state index is 11.8. The standard InChI is InChI=1S/C11H13BrO3S/c1-8(6-11(13)14)16(15)7-9-4-2-3-5-10(9)12/h2-5,8H,6-7H2,1H3,(H,13,14). The van der Waals surface area contributed by atoms with E-state index in [4.69, 9.17) is 5.11 Å². The molecule has 0 saturated carbocycles. The van der Waals surface area contributed by atoms with Crippen LogP contribution in [0.15, 0.2) is 28.7 Å². The van der Waals surface area contributed by atoms with Crippen molar-refractivity contribution < 1.29 is 14.1 Å². The highest BCUT2D eigenvalue weighted by Gasteiger charge is 2.15. The fourth-order valence-electron chi connectivity index (χ4n) is 1.25. The molecule has 0 radical (unpaired) electrons. The normalized spacial score (nSPS) is 14.4. The number of halogens is 1. The lowest BCUT2D eigenvalue weighted by molar-refractivity contribution is -0.136. The van der Waals surface area contributed by atoms with Gasteiger partial charge >= 0.3 is 5.97 Å². The Kier molecular flexibility index (Phi) is 5.15. The lowest BCUT2D eigenvalue weighted by Crippen LogP contribution is -2.17. The van der Waals surface area contributed by atoms with Gasteiger partial charge in [0.1, 0.15) is 0 Å². The summed E-state index contributed by atoms with van der Waals surface area (Å²) in [6.45, 7) is 1.70. The molecule has 3 nitrogen and oxygen atoms in total. The lowest BCUT2D eigenvalue weighted by atomic mass is 10.2. The van der Waals surface area contributed by atoms with E-state index in [1.807, 2.05) is 24.3 Å². The number of carboxylic acid groups (broad SMARTS) is 1. The van der Waals surface area contributed by atoms with E-state index in [1.165, 1.54) is 0 Å². The first-order valence-corrected chi connectivity index (χ1v) is 7.00. The van der Waals surface area contributed by atoms with Gasteiger partial charge in [-0.15, -0.1) is 0 Å². The molecule has 0 bridgehead atoms. The molecule has 0 amide bonds. The molecule has 0 aliphatic carbocycles. The molecule has 0 spiro atoms. The van der Waals surface area contributed by atoms with Crippen LogP contribution in [0.25, 0.3) is 0 Å². The van der Waals surface area contributed by atoms with E-state index in [-0.39, 0.29) is 11.7 Å². The van der Waals surface area contributed by atoms with Gasteiger partial charge in [-0.2, -0.15) is 0 Å². The summed E-state index contributed by atoms with van der Waals surface area (Å²) in [7, 11) is -1.16. The van der Waals surface area contributed by atoms with Crippen molar-refractivity contribution in [2.24, 2.45) is 0 Å². The van der Waals surface area contributed by atoms with Crippen molar-refractivity contribution in [2.45, 2.75) is 24.3 Å². The summed E-state index contributed by atoms with van der Waals surface area (Å²) in [4.78, 5) is 10.5. The highest BCUT2D eigenvalue weighted by atomic mass is 79.9. The molecular formula is C11H13BrO3S. The zero-order valence-electron chi connectivity index (χ0n) is 8.85. The van der Waals surface area contributed by atoms with E-state index >= 15 is 0 Å². The number of hydrogen-bond acceptors (Lipinski definition) is 2. The third kappa shape index (κ3) is 4.06. The third-order valence-electron chi connectivity index (χ3n) is 2.17. The summed E-state index contributed by atoms with van der Waals surface area (Å²) in [5.74, 6) is -0.524. The minimum Gasteiger partial charge on any atom is -0.481 e. The second-order valence-electron chi connectivity index (χ2n) is 3.52. The summed E-state index contributed by atoms with van der Waals surface area (Å²) in [6.07, 6.45) is -0.0585. The second-order valence-corrected chi connectivity index (χ2v) is 6.23. The molecule has 2 atom stereocenters. The van der Waals surface area contributed by atoms with Crippen LogP contribution in [0.3, 0.4) is 0 Å². The number of carboxylic acids is 1. The molecule has 0 heterocycles. The Morgan fingerprint density at radius 3 is 2.69 bits per heavy atom. The highest BCUT2D eigenvalue weighted by molar-refractivity contribution is 9.10. The summed E-state index contributed by atoms with van der Waals surface area (Å²) in [5, 5.41) is 8.28. The largest absolute Gasteiger partial charge is 0.481 e. The Morgan fingerprint density at radius 2 is 2.12 bits per heavy atom. The first-order valence-electron chi connectivity index (χ1n) is 4.83. The minimum atomic E-state index is -1.16. The molecule has 0 aliphatic rings. The van der Waals surface area contributed by atoms with Gasteiger partial charge < -0.3 is 5.11 Å². The van der Waals surface area contributed by atoms with E-state index in [0.717, 1.165) is 10.0 Å². The molecule has 1 rings (SSSR count). The van der Waals surface area contributed by atoms with Crippen molar-refractivity contribution in [2.75, 3.05) is 0 Å². The highest BCUT2D eigenvalue weighted by Crippen LogP contribution is 2.19. The average molecular weight is 305 g/mol.